The van der Waals surface area contributed by atoms with E-state index in [4.69, 9.17) is 0 Å². The largest absolute Gasteiger partial charge is 0.317 e. The molecule has 0 saturated heterocycles. The van der Waals surface area contributed by atoms with E-state index >= 15 is 0 Å². The molecule has 0 bridgehead atoms. The van der Waals surface area contributed by atoms with Crippen LogP contribution in [0.4, 0.5) is 0 Å². The standard InChI is InChI=1S/C34H22N4/c1-3-9-23(10-4-1)31-20-26(22-35-36-31)38-33-14-8-7-13-27(33)30-21-29-24(19-34(30)38)15-16-32-28(29)17-18-37(32)25-11-5-2-6-12-25/h1-22H. The van der Waals surface area contributed by atoms with Crippen LogP contribution in [0.25, 0.3) is 66.1 Å². The molecule has 178 valence electrons. The summed E-state index contributed by atoms with van der Waals surface area (Å²) < 4.78 is 4.57. The molecule has 0 spiro atoms. The number of nitrogens with zero attached hydrogens (tertiary/aromatic N) is 4. The Bertz CT molecular complexity index is 2120. The summed E-state index contributed by atoms with van der Waals surface area (Å²) >= 11 is 0. The average Bonchev–Trinajstić information content (AvgIpc) is 3.56. The van der Waals surface area contributed by atoms with Gasteiger partial charge in [0.25, 0.3) is 0 Å². The van der Waals surface area contributed by atoms with Crippen LogP contribution in [0.15, 0.2) is 134 Å². The highest BCUT2D eigenvalue weighted by atomic mass is 15.1. The summed E-state index contributed by atoms with van der Waals surface area (Å²) in [5.41, 5.74) is 7.60. The fraction of sp³-hybridized carbons (Fsp3) is 0. The third-order valence-electron chi connectivity index (χ3n) is 7.48. The minimum Gasteiger partial charge on any atom is -0.317 e. The second-order valence-electron chi connectivity index (χ2n) is 9.63. The number of hydrogen-bond donors (Lipinski definition) is 0. The summed E-state index contributed by atoms with van der Waals surface area (Å²) in [6, 6.07) is 42.8. The minimum absolute atomic E-state index is 0.860. The van der Waals surface area contributed by atoms with Gasteiger partial charge in [0, 0.05) is 33.6 Å². The van der Waals surface area contributed by atoms with Crippen molar-refractivity contribution in [3.63, 3.8) is 0 Å². The number of benzene rings is 5. The molecule has 3 heterocycles. The van der Waals surface area contributed by atoms with E-state index in [9.17, 15) is 0 Å². The van der Waals surface area contributed by atoms with Gasteiger partial charge in [0.15, 0.2) is 0 Å². The fourth-order valence-electron chi connectivity index (χ4n) is 5.73. The lowest BCUT2D eigenvalue weighted by Crippen LogP contribution is -1.97. The number of hydrogen-bond acceptors (Lipinski definition) is 2. The molecular formula is C34H22N4. The van der Waals surface area contributed by atoms with Gasteiger partial charge in [-0.2, -0.15) is 10.2 Å². The number of aromatic nitrogens is 4. The second-order valence-corrected chi connectivity index (χ2v) is 9.63. The van der Waals surface area contributed by atoms with Gasteiger partial charge in [0.1, 0.15) is 0 Å². The van der Waals surface area contributed by atoms with Crippen molar-refractivity contribution in [1.82, 2.24) is 19.3 Å². The maximum absolute atomic E-state index is 4.43. The lowest BCUT2D eigenvalue weighted by atomic mass is 10.0. The van der Waals surface area contributed by atoms with Crippen molar-refractivity contribution in [3.05, 3.63) is 134 Å². The third-order valence-corrected chi connectivity index (χ3v) is 7.48. The van der Waals surface area contributed by atoms with Crippen molar-refractivity contribution in [1.29, 1.82) is 0 Å². The molecule has 8 rings (SSSR count). The van der Waals surface area contributed by atoms with E-state index in [1.807, 2.05) is 24.4 Å². The SMILES string of the molecule is c1ccc(-c2cc(-n3c4ccccc4c4cc5c(ccc6c5ccn6-c5ccccc5)cc43)cnn2)cc1. The summed E-state index contributed by atoms with van der Waals surface area (Å²) in [6.07, 6.45) is 4.02. The molecular weight excluding hydrogens is 464 g/mol. The zero-order valence-corrected chi connectivity index (χ0v) is 20.5. The summed E-state index contributed by atoms with van der Waals surface area (Å²) in [7, 11) is 0. The average molecular weight is 487 g/mol. The van der Waals surface area contributed by atoms with Crippen LogP contribution in [0.3, 0.4) is 0 Å². The highest BCUT2D eigenvalue weighted by Crippen LogP contribution is 2.37. The Balaban J connectivity index is 1.40. The van der Waals surface area contributed by atoms with Crippen LogP contribution in [0.5, 0.6) is 0 Å². The van der Waals surface area contributed by atoms with Crippen LogP contribution in [0.1, 0.15) is 0 Å². The lowest BCUT2D eigenvalue weighted by molar-refractivity contribution is 1.01. The van der Waals surface area contributed by atoms with Gasteiger partial charge >= 0.3 is 0 Å². The Morgan fingerprint density at radius 3 is 2.13 bits per heavy atom. The minimum atomic E-state index is 0.860. The quantitative estimate of drug-likeness (QED) is 0.252. The van der Waals surface area contributed by atoms with E-state index in [2.05, 4.69) is 129 Å². The topological polar surface area (TPSA) is 35.6 Å². The van der Waals surface area contributed by atoms with E-state index in [0.717, 1.165) is 28.0 Å². The van der Waals surface area contributed by atoms with Gasteiger partial charge in [0.2, 0.25) is 0 Å². The molecule has 5 aromatic carbocycles. The predicted molar refractivity (Wildman–Crippen MR) is 156 cm³/mol. The molecule has 0 N–H and O–H groups in total. The molecule has 38 heavy (non-hydrogen) atoms. The fourth-order valence-corrected chi connectivity index (χ4v) is 5.73. The van der Waals surface area contributed by atoms with Gasteiger partial charge in [-0.3, -0.25) is 0 Å². The van der Waals surface area contributed by atoms with Crippen molar-refractivity contribution < 1.29 is 0 Å². The van der Waals surface area contributed by atoms with Crippen LogP contribution in [0.2, 0.25) is 0 Å². The van der Waals surface area contributed by atoms with E-state index in [1.165, 1.54) is 38.1 Å². The molecule has 0 saturated carbocycles. The van der Waals surface area contributed by atoms with Gasteiger partial charge < -0.3 is 9.13 Å². The third kappa shape index (κ3) is 3.10. The molecule has 0 radical (unpaired) electrons. The summed E-state index contributed by atoms with van der Waals surface area (Å²) in [6.45, 7) is 0. The first-order chi connectivity index (χ1) is 18.8. The van der Waals surface area contributed by atoms with Crippen LogP contribution in [0, 0.1) is 0 Å². The molecule has 0 amide bonds. The van der Waals surface area contributed by atoms with Crippen molar-refractivity contribution in [3.8, 4) is 22.6 Å². The second kappa shape index (κ2) is 8.15. The molecule has 8 aromatic rings. The van der Waals surface area contributed by atoms with Crippen LogP contribution >= 0.6 is 0 Å². The number of rotatable bonds is 3. The van der Waals surface area contributed by atoms with Gasteiger partial charge in [0.05, 0.1) is 34.1 Å². The monoisotopic (exact) mass is 486 g/mol. The summed E-state index contributed by atoms with van der Waals surface area (Å²) in [4.78, 5) is 0. The Hall–Kier alpha value is -5.22. The Labute approximate surface area is 219 Å². The number of para-hydroxylation sites is 2. The van der Waals surface area contributed by atoms with Crippen LogP contribution < -0.4 is 0 Å². The smallest absolute Gasteiger partial charge is 0.0950 e. The predicted octanol–water partition coefficient (Wildman–Crippen LogP) is 8.34. The molecule has 0 aliphatic carbocycles. The van der Waals surface area contributed by atoms with Crippen molar-refractivity contribution in [2.45, 2.75) is 0 Å². The normalized spacial score (nSPS) is 11.7. The van der Waals surface area contributed by atoms with Crippen molar-refractivity contribution >= 4 is 43.5 Å². The molecule has 0 fully saturated rings. The molecule has 4 nitrogen and oxygen atoms in total. The zero-order valence-electron chi connectivity index (χ0n) is 20.5. The van der Waals surface area contributed by atoms with E-state index in [1.54, 1.807) is 0 Å². The van der Waals surface area contributed by atoms with Crippen molar-refractivity contribution in [2.75, 3.05) is 0 Å². The Kier molecular flexibility index (Phi) is 4.49. The molecule has 0 atom stereocenters. The highest BCUT2D eigenvalue weighted by molar-refractivity contribution is 6.18. The summed E-state index contributed by atoms with van der Waals surface area (Å²) in [5, 5.41) is 15.0. The maximum atomic E-state index is 4.43. The first-order valence-corrected chi connectivity index (χ1v) is 12.8. The maximum Gasteiger partial charge on any atom is 0.0950 e. The molecule has 0 aliphatic rings. The zero-order chi connectivity index (χ0) is 25.1. The Morgan fingerprint density at radius 2 is 1.26 bits per heavy atom. The first kappa shape index (κ1) is 20.9. The molecule has 4 heteroatoms. The summed E-state index contributed by atoms with van der Waals surface area (Å²) in [5.74, 6) is 0. The van der Waals surface area contributed by atoms with Gasteiger partial charge in [-0.05, 0) is 59.3 Å². The highest BCUT2D eigenvalue weighted by Gasteiger charge is 2.16. The first-order valence-electron chi connectivity index (χ1n) is 12.8. The number of fused-ring (bicyclic) bond motifs is 6. The Morgan fingerprint density at radius 1 is 0.500 bits per heavy atom. The molecule has 0 aliphatic heterocycles. The molecule has 0 unspecified atom stereocenters. The van der Waals surface area contributed by atoms with Gasteiger partial charge in [-0.1, -0.05) is 72.8 Å². The van der Waals surface area contributed by atoms with E-state index < -0.39 is 0 Å². The van der Waals surface area contributed by atoms with Crippen LogP contribution in [-0.2, 0) is 0 Å². The van der Waals surface area contributed by atoms with Crippen LogP contribution in [-0.4, -0.2) is 19.3 Å². The van der Waals surface area contributed by atoms with Gasteiger partial charge in [-0.15, -0.1) is 0 Å². The van der Waals surface area contributed by atoms with E-state index in [0.29, 0.717) is 0 Å². The molecule has 3 aromatic heterocycles. The van der Waals surface area contributed by atoms with Gasteiger partial charge in [-0.25, -0.2) is 0 Å². The van der Waals surface area contributed by atoms with E-state index in [-0.39, 0.29) is 0 Å². The lowest BCUT2D eigenvalue weighted by Gasteiger charge is -2.10. The van der Waals surface area contributed by atoms with Crippen molar-refractivity contribution in [2.24, 2.45) is 0 Å².